The molecule has 0 saturated carbocycles. The van der Waals surface area contributed by atoms with Crippen molar-refractivity contribution in [2.24, 2.45) is 0 Å². The van der Waals surface area contributed by atoms with E-state index in [2.05, 4.69) is 39.6 Å². The first-order chi connectivity index (χ1) is 14.7. The first-order valence-electron chi connectivity index (χ1n) is 10.6. The number of para-hydroxylation sites is 1. The number of aromatic nitrogens is 1. The minimum Gasteiger partial charge on any atom is -0.349 e. The quantitative estimate of drug-likeness (QED) is 0.616. The Balaban J connectivity index is 1.16. The summed E-state index contributed by atoms with van der Waals surface area (Å²) in [5, 5.41) is 7.35. The molecular formula is C24H28N4O2. The lowest BCUT2D eigenvalue weighted by Gasteiger charge is -2.32. The molecule has 6 nitrogen and oxygen atoms in total. The van der Waals surface area contributed by atoms with Crippen molar-refractivity contribution < 1.29 is 9.59 Å². The number of hydrogen-bond donors (Lipinski definition) is 2. The van der Waals surface area contributed by atoms with E-state index in [0.717, 1.165) is 25.8 Å². The van der Waals surface area contributed by atoms with E-state index in [4.69, 9.17) is 0 Å². The van der Waals surface area contributed by atoms with Gasteiger partial charge in [-0.2, -0.15) is 0 Å². The zero-order chi connectivity index (χ0) is 20.8. The summed E-state index contributed by atoms with van der Waals surface area (Å²) < 4.78 is 2.22. The van der Waals surface area contributed by atoms with Crippen LogP contribution in [-0.4, -0.2) is 47.1 Å². The smallest absolute Gasteiger partial charge is 0.317 e. The van der Waals surface area contributed by atoms with Crippen molar-refractivity contribution in [3.8, 4) is 0 Å². The average Bonchev–Trinajstić information content (AvgIpc) is 3.21. The number of aryl methyl sites for hydroxylation is 1. The van der Waals surface area contributed by atoms with E-state index in [9.17, 15) is 9.59 Å². The van der Waals surface area contributed by atoms with Gasteiger partial charge in [0.15, 0.2) is 0 Å². The molecule has 1 aromatic heterocycles. The highest BCUT2D eigenvalue weighted by Gasteiger charge is 2.23. The zero-order valence-corrected chi connectivity index (χ0v) is 17.1. The van der Waals surface area contributed by atoms with Gasteiger partial charge in [0.25, 0.3) is 5.91 Å². The van der Waals surface area contributed by atoms with Gasteiger partial charge in [0.2, 0.25) is 0 Å². The third-order valence-electron chi connectivity index (χ3n) is 5.69. The second kappa shape index (κ2) is 9.48. The molecule has 4 rings (SSSR count). The number of nitrogens with zero attached hydrogens (tertiary/aromatic N) is 2. The van der Waals surface area contributed by atoms with Crippen LogP contribution in [0.1, 0.15) is 29.6 Å². The molecule has 0 unspecified atom stereocenters. The number of rotatable bonds is 6. The van der Waals surface area contributed by atoms with Crippen LogP contribution in [0.4, 0.5) is 4.79 Å². The van der Waals surface area contributed by atoms with Gasteiger partial charge < -0.3 is 20.1 Å². The van der Waals surface area contributed by atoms with Gasteiger partial charge in [-0.1, -0.05) is 36.4 Å². The molecular weight excluding hydrogens is 376 g/mol. The number of urea groups is 1. The molecule has 1 aliphatic rings. The Morgan fingerprint density at radius 1 is 0.933 bits per heavy atom. The van der Waals surface area contributed by atoms with Crippen LogP contribution in [0, 0.1) is 0 Å². The molecule has 0 atom stereocenters. The van der Waals surface area contributed by atoms with Crippen molar-refractivity contribution in [3.05, 3.63) is 72.4 Å². The summed E-state index contributed by atoms with van der Waals surface area (Å²) in [5.41, 5.74) is 1.90. The van der Waals surface area contributed by atoms with Gasteiger partial charge in [0, 0.05) is 49.5 Å². The molecule has 1 fully saturated rings. The highest BCUT2D eigenvalue weighted by molar-refractivity contribution is 5.94. The summed E-state index contributed by atoms with van der Waals surface area (Å²) in [6, 6.07) is 19.8. The Hall–Kier alpha value is -3.28. The number of nitrogens with one attached hydrogen (secondary N) is 2. The van der Waals surface area contributed by atoms with Gasteiger partial charge in [-0.15, -0.1) is 0 Å². The van der Waals surface area contributed by atoms with Crippen LogP contribution in [0.25, 0.3) is 10.9 Å². The molecule has 3 aromatic rings. The fourth-order valence-corrected chi connectivity index (χ4v) is 3.98. The Kier molecular flexibility index (Phi) is 6.32. The molecule has 0 bridgehead atoms. The lowest BCUT2D eigenvalue weighted by molar-refractivity contribution is 0.0918. The van der Waals surface area contributed by atoms with Crippen molar-refractivity contribution in [3.63, 3.8) is 0 Å². The zero-order valence-electron chi connectivity index (χ0n) is 17.1. The van der Waals surface area contributed by atoms with E-state index in [1.807, 2.05) is 47.4 Å². The molecule has 2 N–H and O–H groups in total. The second-order valence-corrected chi connectivity index (χ2v) is 7.75. The topological polar surface area (TPSA) is 66.4 Å². The van der Waals surface area contributed by atoms with E-state index in [1.54, 1.807) is 0 Å². The number of piperidine rings is 1. The Labute approximate surface area is 176 Å². The first kappa shape index (κ1) is 20.0. The standard InChI is InChI=1S/C24H28N4O2/c29-23(20-8-2-1-3-9-20)26-21-12-17-28(18-13-21)24(30)25-14-6-15-27-16-11-19-7-4-5-10-22(19)27/h1-5,7-11,16,21H,6,12-15,17-18H2,(H,25,30)(H,26,29). The maximum Gasteiger partial charge on any atom is 0.317 e. The van der Waals surface area contributed by atoms with Gasteiger partial charge >= 0.3 is 6.03 Å². The SMILES string of the molecule is O=C(NC1CCN(C(=O)NCCCn2ccc3ccccc32)CC1)c1ccccc1. The number of amides is 3. The molecule has 0 spiro atoms. The lowest BCUT2D eigenvalue weighted by atomic mass is 10.0. The Morgan fingerprint density at radius 3 is 2.47 bits per heavy atom. The maximum atomic E-state index is 12.4. The van der Waals surface area contributed by atoms with Gasteiger partial charge in [0.1, 0.15) is 0 Å². The van der Waals surface area contributed by atoms with Crippen molar-refractivity contribution >= 4 is 22.8 Å². The summed E-state index contributed by atoms with van der Waals surface area (Å²) in [5.74, 6) is -0.0453. The van der Waals surface area contributed by atoms with E-state index in [0.29, 0.717) is 25.2 Å². The van der Waals surface area contributed by atoms with Crippen LogP contribution >= 0.6 is 0 Å². The predicted octanol–water partition coefficient (Wildman–Crippen LogP) is 3.64. The van der Waals surface area contributed by atoms with Gasteiger partial charge in [0.05, 0.1) is 0 Å². The summed E-state index contributed by atoms with van der Waals surface area (Å²) in [6.07, 6.45) is 4.54. The third kappa shape index (κ3) is 4.82. The van der Waals surface area contributed by atoms with Crippen LogP contribution in [0.5, 0.6) is 0 Å². The second-order valence-electron chi connectivity index (χ2n) is 7.75. The van der Waals surface area contributed by atoms with Crippen molar-refractivity contribution in [2.45, 2.75) is 31.8 Å². The Bertz CT molecular complexity index is 991. The fraction of sp³-hybridized carbons (Fsp3) is 0.333. The highest BCUT2D eigenvalue weighted by atomic mass is 16.2. The molecule has 0 radical (unpaired) electrons. The molecule has 30 heavy (non-hydrogen) atoms. The summed E-state index contributed by atoms with van der Waals surface area (Å²) in [4.78, 5) is 26.6. The molecule has 0 aliphatic carbocycles. The summed E-state index contributed by atoms with van der Waals surface area (Å²) in [6.45, 7) is 2.85. The van der Waals surface area contributed by atoms with Gasteiger partial charge in [-0.3, -0.25) is 4.79 Å². The number of likely N-dealkylation sites (tertiary alicyclic amines) is 1. The van der Waals surface area contributed by atoms with Crippen molar-refractivity contribution in [1.29, 1.82) is 0 Å². The molecule has 2 heterocycles. The maximum absolute atomic E-state index is 12.4. The first-order valence-corrected chi connectivity index (χ1v) is 10.6. The summed E-state index contributed by atoms with van der Waals surface area (Å²) in [7, 11) is 0. The minimum atomic E-state index is -0.0453. The molecule has 1 aliphatic heterocycles. The van der Waals surface area contributed by atoms with Gasteiger partial charge in [-0.25, -0.2) is 4.79 Å². The fourth-order valence-electron chi connectivity index (χ4n) is 3.98. The van der Waals surface area contributed by atoms with Crippen LogP contribution in [0.3, 0.4) is 0 Å². The number of hydrogen-bond acceptors (Lipinski definition) is 2. The molecule has 156 valence electrons. The highest BCUT2D eigenvalue weighted by Crippen LogP contribution is 2.15. The van der Waals surface area contributed by atoms with Crippen LogP contribution in [0.15, 0.2) is 66.9 Å². The van der Waals surface area contributed by atoms with Crippen molar-refractivity contribution in [2.75, 3.05) is 19.6 Å². The largest absolute Gasteiger partial charge is 0.349 e. The third-order valence-corrected chi connectivity index (χ3v) is 5.69. The minimum absolute atomic E-state index is 0.0137. The van der Waals surface area contributed by atoms with Crippen LogP contribution in [0.2, 0.25) is 0 Å². The number of carbonyl (C=O) groups is 2. The van der Waals surface area contributed by atoms with Crippen molar-refractivity contribution in [1.82, 2.24) is 20.1 Å². The number of benzene rings is 2. The average molecular weight is 405 g/mol. The van der Waals surface area contributed by atoms with E-state index in [-0.39, 0.29) is 18.0 Å². The van der Waals surface area contributed by atoms with E-state index in [1.165, 1.54) is 10.9 Å². The molecule has 2 aromatic carbocycles. The van der Waals surface area contributed by atoms with E-state index >= 15 is 0 Å². The lowest BCUT2D eigenvalue weighted by Crippen LogP contribution is -2.49. The molecule has 6 heteroatoms. The number of fused-ring (bicyclic) bond motifs is 1. The summed E-state index contributed by atoms with van der Waals surface area (Å²) >= 11 is 0. The van der Waals surface area contributed by atoms with Crippen LogP contribution in [-0.2, 0) is 6.54 Å². The molecule has 1 saturated heterocycles. The molecule has 3 amide bonds. The Morgan fingerprint density at radius 2 is 1.67 bits per heavy atom. The van der Waals surface area contributed by atoms with Gasteiger partial charge in [-0.05, 0) is 48.9 Å². The normalized spacial score (nSPS) is 14.6. The predicted molar refractivity (Wildman–Crippen MR) is 118 cm³/mol. The van der Waals surface area contributed by atoms with Crippen LogP contribution < -0.4 is 10.6 Å². The van der Waals surface area contributed by atoms with E-state index < -0.39 is 0 Å². The monoisotopic (exact) mass is 404 g/mol. The number of carbonyl (C=O) groups excluding carboxylic acids is 2.